The van der Waals surface area contributed by atoms with E-state index in [1.807, 2.05) is 18.2 Å². The molecule has 1 aliphatic rings. The summed E-state index contributed by atoms with van der Waals surface area (Å²) < 4.78 is 0. The van der Waals surface area contributed by atoms with Crippen molar-refractivity contribution < 1.29 is 0 Å². The summed E-state index contributed by atoms with van der Waals surface area (Å²) >= 11 is 12.3. The van der Waals surface area contributed by atoms with E-state index in [1.165, 1.54) is 25.7 Å². The fraction of sp³-hybridized carbons (Fsp3) is 0.625. The lowest BCUT2D eigenvalue weighted by Gasteiger charge is -2.29. The predicted octanol–water partition coefficient (Wildman–Crippen LogP) is 5.22. The number of rotatable bonds is 3. The van der Waals surface area contributed by atoms with Crippen molar-refractivity contribution in [3.8, 4) is 0 Å². The first-order valence-corrected chi connectivity index (χ1v) is 8.01. The van der Waals surface area contributed by atoms with E-state index in [0.717, 1.165) is 40.8 Å². The number of halogens is 2. The molecule has 1 nitrogen and oxygen atoms in total. The minimum atomic E-state index is -0.113. The highest BCUT2D eigenvalue weighted by Gasteiger charge is 2.29. The van der Waals surface area contributed by atoms with Gasteiger partial charge in [0.1, 0.15) is 0 Å². The molecule has 2 unspecified atom stereocenters. The number of benzene rings is 1. The highest BCUT2D eigenvalue weighted by molar-refractivity contribution is 6.33. The highest BCUT2D eigenvalue weighted by atomic mass is 35.5. The molecule has 0 aromatic heterocycles. The van der Waals surface area contributed by atoms with Crippen LogP contribution in [0.15, 0.2) is 18.2 Å². The van der Waals surface area contributed by atoms with Crippen LogP contribution >= 0.6 is 23.2 Å². The van der Waals surface area contributed by atoms with E-state index in [1.54, 1.807) is 0 Å². The Hall–Kier alpha value is -0.240. The van der Waals surface area contributed by atoms with Crippen LogP contribution in [0.4, 0.5) is 0 Å². The molecule has 0 saturated heterocycles. The van der Waals surface area contributed by atoms with Gasteiger partial charge in [-0.3, -0.25) is 0 Å². The van der Waals surface area contributed by atoms with Gasteiger partial charge in [-0.05, 0) is 55.4 Å². The lowest BCUT2D eigenvalue weighted by molar-refractivity contribution is 0.358. The molecule has 0 bridgehead atoms. The molecule has 0 amide bonds. The normalized spacial score (nSPS) is 28.1. The molecule has 106 valence electrons. The quantitative estimate of drug-likeness (QED) is 0.761. The molecule has 0 spiro atoms. The van der Waals surface area contributed by atoms with Crippen molar-refractivity contribution in [3.63, 3.8) is 0 Å². The summed E-state index contributed by atoms with van der Waals surface area (Å²) in [5.74, 6) is 0.847. The van der Waals surface area contributed by atoms with Gasteiger partial charge in [0.15, 0.2) is 0 Å². The van der Waals surface area contributed by atoms with E-state index >= 15 is 0 Å². The van der Waals surface area contributed by atoms with E-state index in [2.05, 4.69) is 6.92 Å². The van der Waals surface area contributed by atoms with Crippen LogP contribution in [0, 0.1) is 5.92 Å². The maximum Gasteiger partial charge on any atom is 0.0439 e. The average molecular weight is 300 g/mol. The van der Waals surface area contributed by atoms with E-state index in [-0.39, 0.29) is 5.54 Å². The molecule has 2 N–H and O–H groups in total. The van der Waals surface area contributed by atoms with E-state index in [9.17, 15) is 0 Å². The lowest BCUT2D eigenvalue weighted by Crippen LogP contribution is -2.41. The molecule has 19 heavy (non-hydrogen) atoms. The molecular weight excluding hydrogens is 277 g/mol. The van der Waals surface area contributed by atoms with E-state index in [4.69, 9.17) is 28.9 Å². The number of hydrogen-bond donors (Lipinski definition) is 1. The van der Waals surface area contributed by atoms with Gasteiger partial charge >= 0.3 is 0 Å². The minimum Gasteiger partial charge on any atom is -0.325 e. The molecular formula is C16H23Cl2N. The van der Waals surface area contributed by atoms with Gasteiger partial charge in [-0.15, -0.1) is 0 Å². The van der Waals surface area contributed by atoms with E-state index < -0.39 is 0 Å². The zero-order valence-electron chi connectivity index (χ0n) is 11.6. The molecule has 3 heteroatoms. The number of hydrogen-bond acceptors (Lipinski definition) is 1. The molecule has 2 rings (SSSR count). The third kappa shape index (κ3) is 4.11. The molecule has 1 fully saturated rings. The van der Waals surface area contributed by atoms with Gasteiger partial charge in [-0.1, -0.05) is 49.4 Å². The van der Waals surface area contributed by atoms with Gasteiger partial charge in [-0.25, -0.2) is 0 Å². The summed E-state index contributed by atoms with van der Waals surface area (Å²) in [6, 6.07) is 5.66. The van der Waals surface area contributed by atoms with Crippen LogP contribution in [0.3, 0.4) is 0 Å². The van der Waals surface area contributed by atoms with Crippen LogP contribution in [0.2, 0.25) is 10.0 Å². The molecule has 1 aliphatic carbocycles. The SMILES string of the molecule is CCC1CCCC(N)(Cc2cc(Cl)ccc2Cl)CC1. The maximum absolute atomic E-state index is 6.63. The summed E-state index contributed by atoms with van der Waals surface area (Å²) in [5.41, 5.74) is 7.60. The summed E-state index contributed by atoms with van der Waals surface area (Å²) in [5, 5.41) is 1.52. The predicted molar refractivity (Wildman–Crippen MR) is 84.0 cm³/mol. The van der Waals surface area contributed by atoms with Gasteiger partial charge < -0.3 is 5.73 Å². The van der Waals surface area contributed by atoms with Gasteiger partial charge in [0.05, 0.1) is 0 Å². The second-order valence-electron chi connectivity index (χ2n) is 5.98. The average Bonchev–Trinajstić information content (AvgIpc) is 2.56. The summed E-state index contributed by atoms with van der Waals surface area (Å²) in [4.78, 5) is 0. The Labute approximate surface area is 126 Å². The van der Waals surface area contributed by atoms with Gasteiger partial charge in [-0.2, -0.15) is 0 Å². The first kappa shape index (κ1) is 15.2. The molecule has 0 heterocycles. The third-order valence-electron chi connectivity index (χ3n) is 4.47. The fourth-order valence-corrected chi connectivity index (χ4v) is 3.53. The van der Waals surface area contributed by atoms with Crippen molar-refractivity contribution in [1.29, 1.82) is 0 Å². The fourth-order valence-electron chi connectivity index (χ4n) is 3.15. The van der Waals surface area contributed by atoms with Gasteiger partial charge in [0.2, 0.25) is 0 Å². The zero-order valence-corrected chi connectivity index (χ0v) is 13.1. The molecule has 0 aliphatic heterocycles. The van der Waals surface area contributed by atoms with Crippen LogP contribution in [-0.4, -0.2) is 5.54 Å². The molecule has 2 atom stereocenters. The van der Waals surface area contributed by atoms with Gasteiger partial charge in [0.25, 0.3) is 0 Å². The minimum absolute atomic E-state index is 0.113. The molecule has 0 radical (unpaired) electrons. The smallest absolute Gasteiger partial charge is 0.0439 e. The lowest BCUT2D eigenvalue weighted by atomic mass is 9.84. The van der Waals surface area contributed by atoms with Crippen LogP contribution < -0.4 is 5.73 Å². The highest BCUT2D eigenvalue weighted by Crippen LogP contribution is 2.34. The second-order valence-corrected chi connectivity index (χ2v) is 6.82. The van der Waals surface area contributed by atoms with Crippen LogP contribution in [0.25, 0.3) is 0 Å². The Morgan fingerprint density at radius 1 is 1.26 bits per heavy atom. The van der Waals surface area contributed by atoms with Crippen LogP contribution in [0.1, 0.15) is 51.0 Å². The first-order chi connectivity index (χ1) is 9.02. The largest absolute Gasteiger partial charge is 0.325 e. The maximum atomic E-state index is 6.63. The van der Waals surface area contributed by atoms with Gasteiger partial charge in [0, 0.05) is 15.6 Å². The Balaban J connectivity index is 2.10. The Morgan fingerprint density at radius 3 is 2.79 bits per heavy atom. The summed E-state index contributed by atoms with van der Waals surface area (Å²) in [7, 11) is 0. The first-order valence-electron chi connectivity index (χ1n) is 7.25. The van der Waals surface area contributed by atoms with Crippen molar-refractivity contribution in [3.05, 3.63) is 33.8 Å². The molecule has 1 aromatic carbocycles. The second kappa shape index (κ2) is 6.47. The van der Waals surface area contributed by atoms with Crippen LogP contribution in [-0.2, 0) is 6.42 Å². The Morgan fingerprint density at radius 2 is 2.05 bits per heavy atom. The van der Waals surface area contributed by atoms with Crippen molar-refractivity contribution in [2.75, 3.05) is 0 Å². The van der Waals surface area contributed by atoms with E-state index in [0.29, 0.717) is 0 Å². The zero-order chi connectivity index (χ0) is 13.9. The standard InChI is InChI=1S/C16H23Cl2N/c1-2-12-4-3-8-16(19,9-7-12)11-13-10-14(17)5-6-15(13)18/h5-6,10,12H,2-4,7-9,11,19H2,1H3. The third-order valence-corrected chi connectivity index (χ3v) is 5.07. The Bertz CT molecular complexity index is 433. The molecule has 1 saturated carbocycles. The van der Waals surface area contributed by atoms with Crippen molar-refractivity contribution in [2.45, 2.75) is 57.4 Å². The van der Waals surface area contributed by atoms with Crippen molar-refractivity contribution >= 4 is 23.2 Å². The van der Waals surface area contributed by atoms with Crippen molar-refractivity contribution in [1.82, 2.24) is 0 Å². The van der Waals surface area contributed by atoms with Crippen LogP contribution in [0.5, 0.6) is 0 Å². The summed E-state index contributed by atoms with van der Waals surface area (Å²) in [6.45, 7) is 2.28. The van der Waals surface area contributed by atoms with Crippen molar-refractivity contribution in [2.24, 2.45) is 11.7 Å². The summed E-state index contributed by atoms with van der Waals surface area (Å²) in [6.07, 6.45) is 8.08. The topological polar surface area (TPSA) is 26.0 Å². The number of nitrogens with two attached hydrogens (primary N) is 1. The monoisotopic (exact) mass is 299 g/mol. The molecule has 1 aromatic rings. The Kier molecular flexibility index (Phi) is 5.16.